The molecule has 7 nitrogen and oxygen atoms in total. The number of ether oxygens (including phenoxy) is 1. The van der Waals surface area contributed by atoms with E-state index in [1.165, 1.54) is 0 Å². The summed E-state index contributed by atoms with van der Waals surface area (Å²) in [6, 6.07) is 6.19. The molecular formula is C21H33N5O2. The molecule has 3 rings (SSSR count). The second kappa shape index (κ2) is 8.09. The van der Waals surface area contributed by atoms with Crippen LogP contribution in [0.15, 0.2) is 24.4 Å². The minimum atomic E-state index is -0.447. The number of carbonyl (C=O) groups is 1. The molecule has 1 fully saturated rings. The number of piperazine rings is 1. The summed E-state index contributed by atoms with van der Waals surface area (Å²) >= 11 is 0. The van der Waals surface area contributed by atoms with Gasteiger partial charge in [0, 0.05) is 56.4 Å². The summed E-state index contributed by atoms with van der Waals surface area (Å²) in [7, 11) is 0. The Kier molecular flexibility index (Phi) is 5.95. The molecule has 1 saturated heterocycles. The second-order valence-corrected chi connectivity index (χ2v) is 9.20. The molecule has 0 spiro atoms. The van der Waals surface area contributed by atoms with Gasteiger partial charge in [-0.2, -0.15) is 0 Å². The molecule has 28 heavy (non-hydrogen) atoms. The van der Waals surface area contributed by atoms with Crippen molar-refractivity contribution >= 4 is 17.1 Å². The van der Waals surface area contributed by atoms with Gasteiger partial charge in [-0.25, -0.2) is 9.78 Å². The summed E-state index contributed by atoms with van der Waals surface area (Å²) < 4.78 is 5.47. The lowest BCUT2D eigenvalue weighted by atomic mass is 10.0. The van der Waals surface area contributed by atoms with Crippen LogP contribution in [0.5, 0.6) is 0 Å². The summed E-state index contributed by atoms with van der Waals surface area (Å²) in [6.45, 7) is 14.9. The van der Waals surface area contributed by atoms with Gasteiger partial charge in [0.2, 0.25) is 0 Å². The third-order valence-electron chi connectivity index (χ3n) is 4.86. The van der Waals surface area contributed by atoms with E-state index in [0.29, 0.717) is 13.1 Å². The second-order valence-electron chi connectivity index (χ2n) is 9.20. The molecular weight excluding hydrogens is 354 g/mol. The van der Waals surface area contributed by atoms with Gasteiger partial charge in [0.25, 0.3) is 0 Å². The number of carbonyl (C=O) groups excluding carboxylic acids is 1. The van der Waals surface area contributed by atoms with E-state index in [0.717, 1.165) is 42.9 Å². The number of nitrogens with one attached hydrogen (secondary N) is 2. The maximum atomic E-state index is 12.2. The van der Waals surface area contributed by atoms with Gasteiger partial charge >= 0.3 is 6.09 Å². The molecule has 7 heteroatoms. The maximum absolute atomic E-state index is 12.2. The lowest BCUT2D eigenvalue weighted by Gasteiger charge is -2.39. The fraction of sp³-hybridized carbons (Fsp3) is 0.619. The molecule has 2 N–H and O–H groups in total. The Balaban J connectivity index is 1.46. The lowest BCUT2D eigenvalue weighted by Crippen LogP contribution is -2.55. The number of pyridine rings is 1. The quantitative estimate of drug-likeness (QED) is 0.825. The van der Waals surface area contributed by atoms with Gasteiger partial charge in [-0.1, -0.05) is 0 Å². The minimum absolute atomic E-state index is 0.0551. The Labute approximate surface area is 167 Å². The molecule has 1 amide bonds. The number of fused-ring (bicyclic) bond motifs is 1. The molecule has 2 aromatic rings. The molecule has 0 radical (unpaired) electrons. The zero-order valence-corrected chi connectivity index (χ0v) is 17.7. The summed E-state index contributed by atoms with van der Waals surface area (Å²) in [6.07, 6.45) is 1.70. The van der Waals surface area contributed by atoms with Gasteiger partial charge in [0.1, 0.15) is 11.2 Å². The summed E-state index contributed by atoms with van der Waals surface area (Å²) in [4.78, 5) is 24.2. The highest BCUT2D eigenvalue weighted by Crippen LogP contribution is 2.15. The molecule has 0 aromatic carbocycles. The highest BCUT2D eigenvalue weighted by Gasteiger charge is 2.28. The van der Waals surface area contributed by atoms with E-state index >= 15 is 0 Å². The average molecular weight is 388 g/mol. The summed E-state index contributed by atoms with van der Waals surface area (Å²) in [5, 5.41) is 4.75. The van der Waals surface area contributed by atoms with E-state index in [4.69, 9.17) is 4.74 Å². The summed E-state index contributed by atoms with van der Waals surface area (Å²) in [5.74, 6) is 0. The van der Waals surface area contributed by atoms with Crippen molar-refractivity contribution in [3.05, 3.63) is 30.1 Å². The van der Waals surface area contributed by atoms with E-state index < -0.39 is 5.60 Å². The number of rotatable bonds is 5. The first-order valence-corrected chi connectivity index (χ1v) is 10.00. The number of amides is 1. The number of hydrogen-bond acceptors (Lipinski definition) is 5. The van der Waals surface area contributed by atoms with Crippen LogP contribution in [0.2, 0.25) is 0 Å². The zero-order chi connectivity index (χ0) is 20.4. The van der Waals surface area contributed by atoms with Crippen LogP contribution in [0.25, 0.3) is 11.0 Å². The SMILES string of the molecule is CC(C)(CN1CCN(C(=O)OC(C)(C)C)CC1)NCc1ccc2cc[nH]c2n1. The van der Waals surface area contributed by atoms with Crippen molar-refractivity contribution in [2.75, 3.05) is 32.7 Å². The smallest absolute Gasteiger partial charge is 0.410 e. The van der Waals surface area contributed by atoms with E-state index in [9.17, 15) is 4.79 Å². The third-order valence-corrected chi connectivity index (χ3v) is 4.86. The molecule has 0 atom stereocenters. The van der Waals surface area contributed by atoms with E-state index in [-0.39, 0.29) is 11.6 Å². The van der Waals surface area contributed by atoms with Crippen LogP contribution in [-0.2, 0) is 11.3 Å². The number of nitrogens with zero attached hydrogens (tertiary/aromatic N) is 3. The van der Waals surface area contributed by atoms with Crippen LogP contribution in [0.3, 0.4) is 0 Å². The van der Waals surface area contributed by atoms with Gasteiger partial charge in [-0.05, 0) is 52.8 Å². The monoisotopic (exact) mass is 387 g/mol. The molecule has 1 aliphatic heterocycles. The Hall–Kier alpha value is -2.12. The number of hydrogen-bond donors (Lipinski definition) is 2. The lowest BCUT2D eigenvalue weighted by molar-refractivity contribution is 0.0127. The first-order valence-electron chi connectivity index (χ1n) is 10.00. The first-order chi connectivity index (χ1) is 13.1. The fourth-order valence-corrected chi connectivity index (χ4v) is 3.43. The van der Waals surface area contributed by atoms with Crippen molar-refractivity contribution in [2.24, 2.45) is 0 Å². The van der Waals surface area contributed by atoms with Crippen LogP contribution in [-0.4, -0.2) is 69.7 Å². The Bertz CT molecular complexity index is 800. The predicted molar refractivity (Wildman–Crippen MR) is 111 cm³/mol. The Morgan fingerprint density at radius 3 is 2.54 bits per heavy atom. The van der Waals surface area contributed by atoms with Gasteiger partial charge in [-0.3, -0.25) is 4.90 Å². The van der Waals surface area contributed by atoms with Crippen molar-refractivity contribution in [3.63, 3.8) is 0 Å². The Morgan fingerprint density at radius 1 is 1.14 bits per heavy atom. The van der Waals surface area contributed by atoms with Crippen LogP contribution in [0.4, 0.5) is 4.79 Å². The zero-order valence-electron chi connectivity index (χ0n) is 17.7. The van der Waals surface area contributed by atoms with Crippen molar-refractivity contribution < 1.29 is 9.53 Å². The molecule has 0 unspecified atom stereocenters. The number of H-pyrrole nitrogens is 1. The molecule has 0 saturated carbocycles. The highest BCUT2D eigenvalue weighted by atomic mass is 16.6. The summed E-state index contributed by atoms with van der Waals surface area (Å²) in [5.41, 5.74) is 1.45. The standard InChI is InChI=1S/C21H33N5O2/c1-20(2,3)28-19(27)26-12-10-25(11-13-26)15-21(4,5)23-14-17-7-6-16-8-9-22-18(16)24-17/h6-9,23H,10-15H2,1-5H3,(H,22,24). The van der Waals surface area contributed by atoms with Crippen LogP contribution in [0.1, 0.15) is 40.3 Å². The van der Waals surface area contributed by atoms with Crippen LogP contribution >= 0.6 is 0 Å². The average Bonchev–Trinajstić information content (AvgIpc) is 3.06. The Morgan fingerprint density at radius 2 is 1.86 bits per heavy atom. The molecule has 2 aromatic heterocycles. The van der Waals surface area contributed by atoms with Crippen molar-refractivity contribution in [1.82, 2.24) is 25.1 Å². The minimum Gasteiger partial charge on any atom is -0.444 e. The largest absolute Gasteiger partial charge is 0.444 e. The molecule has 3 heterocycles. The molecule has 0 aliphatic carbocycles. The number of aromatic amines is 1. The van der Waals surface area contributed by atoms with Crippen molar-refractivity contribution in [2.45, 2.75) is 52.3 Å². The molecule has 1 aliphatic rings. The molecule has 0 bridgehead atoms. The van der Waals surface area contributed by atoms with Gasteiger partial charge in [0.05, 0.1) is 5.69 Å². The first kappa shape index (κ1) is 20.6. The van der Waals surface area contributed by atoms with E-state index in [2.05, 4.69) is 46.2 Å². The van der Waals surface area contributed by atoms with Crippen molar-refractivity contribution in [1.29, 1.82) is 0 Å². The van der Waals surface area contributed by atoms with E-state index in [1.54, 1.807) is 4.90 Å². The van der Waals surface area contributed by atoms with Gasteiger partial charge in [0.15, 0.2) is 0 Å². The fourth-order valence-electron chi connectivity index (χ4n) is 3.43. The van der Waals surface area contributed by atoms with Crippen molar-refractivity contribution in [3.8, 4) is 0 Å². The highest BCUT2D eigenvalue weighted by molar-refractivity contribution is 5.75. The maximum Gasteiger partial charge on any atom is 0.410 e. The number of aromatic nitrogens is 2. The predicted octanol–water partition coefficient (Wildman–Crippen LogP) is 2.98. The van der Waals surface area contributed by atoms with Crippen LogP contribution < -0.4 is 5.32 Å². The molecule has 154 valence electrons. The van der Waals surface area contributed by atoms with Gasteiger partial charge < -0.3 is 19.9 Å². The normalized spacial score (nSPS) is 16.5. The van der Waals surface area contributed by atoms with Gasteiger partial charge in [-0.15, -0.1) is 0 Å². The van der Waals surface area contributed by atoms with Crippen LogP contribution in [0, 0.1) is 0 Å². The third kappa shape index (κ3) is 5.69. The topological polar surface area (TPSA) is 73.5 Å². The van der Waals surface area contributed by atoms with E-state index in [1.807, 2.05) is 33.0 Å².